The molecule has 0 saturated carbocycles. The van der Waals surface area contributed by atoms with E-state index in [4.69, 9.17) is 0 Å². The van der Waals surface area contributed by atoms with Crippen LogP contribution in [0.2, 0.25) is 0 Å². The molecule has 1 N–H and O–H groups in total. The Labute approximate surface area is 174 Å². The molecule has 4 rings (SSSR count). The van der Waals surface area contributed by atoms with Gasteiger partial charge in [-0.2, -0.15) is 0 Å². The minimum absolute atomic E-state index is 0.0845. The summed E-state index contributed by atoms with van der Waals surface area (Å²) < 4.78 is 0. The number of nitrogens with zero attached hydrogens (tertiary/aromatic N) is 2. The molecule has 0 unspecified atom stereocenters. The first-order chi connectivity index (χ1) is 14.3. The Kier molecular flexibility index (Phi) is 6.63. The molecule has 2 heterocycles. The molecule has 2 atom stereocenters. The van der Waals surface area contributed by atoms with Gasteiger partial charge in [-0.15, -0.1) is 0 Å². The van der Waals surface area contributed by atoms with Crippen molar-refractivity contribution in [2.45, 2.75) is 25.7 Å². The molecule has 2 fully saturated rings. The zero-order valence-electron chi connectivity index (χ0n) is 17.2. The van der Waals surface area contributed by atoms with E-state index >= 15 is 0 Å². The summed E-state index contributed by atoms with van der Waals surface area (Å²) >= 11 is 0. The average Bonchev–Trinajstić information content (AvgIpc) is 3.00. The molecule has 2 aliphatic rings. The third-order valence-electron chi connectivity index (χ3n) is 6.53. The number of carbonyl (C=O) groups excluding carboxylic acids is 1. The zero-order chi connectivity index (χ0) is 20.1. The lowest BCUT2D eigenvalue weighted by Crippen LogP contribution is -2.35. The molecule has 29 heavy (non-hydrogen) atoms. The van der Waals surface area contributed by atoms with Crippen LogP contribution in [0.15, 0.2) is 54.6 Å². The van der Waals surface area contributed by atoms with Gasteiger partial charge in [-0.1, -0.05) is 61.4 Å². The van der Waals surface area contributed by atoms with E-state index in [0.29, 0.717) is 12.5 Å². The van der Waals surface area contributed by atoms with Crippen LogP contribution >= 0.6 is 0 Å². The second-order valence-corrected chi connectivity index (χ2v) is 8.54. The third-order valence-corrected chi connectivity index (χ3v) is 6.53. The van der Waals surface area contributed by atoms with Crippen molar-refractivity contribution in [1.29, 1.82) is 0 Å². The maximum absolute atomic E-state index is 13.4. The lowest BCUT2D eigenvalue weighted by atomic mass is 9.96. The van der Waals surface area contributed by atoms with Crippen LogP contribution in [0, 0.1) is 11.8 Å². The van der Waals surface area contributed by atoms with Gasteiger partial charge in [0.25, 0.3) is 5.91 Å². The van der Waals surface area contributed by atoms with Crippen molar-refractivity contribution in [3.8, 4) is 11.1 Å². The van der Waals surface area contributed by atoms with Crippen LogP contribution in [-0.4, -0.2) is 60.1 Å². The SMILES string of the molecule is O=C(c1ccccc1-c1ccccc1)N1C[C@@H](CN2CCCCCC2)[C@@H](CO)C1. The Morgan fingerprint density at radius 2 is 1.52 bits per heavy atom. The van der Waals surface area contributed by atoms with Gasteiger partial charge in [0.2, 0.25) is 0 Å². The highest BCUT2D eigenvalue weighted by molar-refractivity contribution is 6.01. The first kappa shape index (κ1) is 20.1. The molecule has 1 amide bonds. The topological polar surface area (TPSA) is 43.8 Å². The van der Waals surface area contributed by atoms with Gasteiger partial charge in [0, 0.05) is 37.7 Å². The Balaban J connectivity index is 1.50. The number of hydrogen-bond acceptors (Lipinski definition) is 3. The fourth-order valence-corrected chi connectivity index (χ4v) is 4.88. The second kappa shape index (κ2) is 9.55. The number of carbonyl (C=O) groups is 1. The summed E-state index contributed by atoms with van der Waals surface area (Å²) in [5, 5.41) is 9.97. The number of aliphatic hydroxyl groups is 1. The molecule has 0 aliphatic carbocycles. The van der Waals surface area contributed by atoms with Gasteiger partial charge in [-0.3, -0.25) is 4.79 Å². The fourth-order valence-electron chi connectivity index (χ4n) is 4.88. The minimum Gasteiger partial charge on any atom is -0.396 e. The van der Waals surface area contributed by atoms with Crippen molar-refractivity contribution >= 4 is 5.91 Å². The van der Waals surface area contributed by atoms with Crippen molar-refractivity contribution in [2.24, 2.45) is 11.8 Å². The van der Waals surface area contributed by atoms with E-state index in [1.165, 1.54) is 25.7 Å². The highest BCUT2D eigenvalue weighted by atomic mass is 16.3. The average molecular weight is 393 g/mol. The lowest BCUT2D eigenvalue weighted by Gasteiger charge is -2.26. The molecular weight excluding hydrogens is 360 g/mol. The Morgan fingerprint density at radius 1 is 0.862 bits per heavy atom. The van der Waals surface area contributed by atoms with E-state index in [-0.39, 0.29) is 18.4 Å². The van der Waals surface area contributed by atoms with Crippen LogP contribution in [-0.2, 0) is 0 Å². The highest BCUT2D eigenvalue weighted by Crippen LogP contribution is 2.30. The van der Waals surface area contributed by atoms with Crippen LogP contribution in [0.1, 0.15) is 36.0 Å². The van der Waals surface area contributed by atoms with E-state index < -0.39 is 0 Å². The number of hydrogen-bond donors (Lipinski definition) is 1. The smallest absolute Gasteiger partial charge is 0.254 e. The van der Waals surface area contributed by atoms with Crippen molar-refractivity contribution < 1.29 is 9.90 Å². The first-order valence-electron chi connectivity index (χ1n) is 11.0. The lowest BCUT2D eigenvalue weighted by molar-refractivity contribution is 0.0780. The molecule has 0 radical (unpaired) electrons. The van der Waals surface area contributed by atoms with Crippen molar-refractivity contribution in [2.75, 3.05) is 39.3 Å². The quantitative estimate of drug-likeness (QED) is 0.839. The molecule has 2 aromatic carbocycles. The summed E-state index contributed by atoms with van der Waals surface area (Å²) in [6, 6.07) is 18.0. The van der Waals surface area contributed by atoms with Crippen LogP contribution in [0.25, 0.3) is 11.1 Å². The van der Waals surface area contributed by atoms with Gasteiger partial charge in [-0.05, 0) is 49.0 Å². The predicted octanol–water partition coefficient (Wildman–Crippen LogP) is 3.91. The second-order valence-electron chi connectivity index (χ2n) is 8.54. The molecule has 2 aliphatic heterocycles. The molecular formula is C25H32N2O2. The summed E-state index contributed by atoms with van der Waals surface area (Å²) in [5.41, 5.74) is 2.80. The third kappa shape index (κ3) is 4.71. The zero-order valence-corrected chi connectivity index (χ0v) is 17.2. The Hall–Kier alpha value is -2.17. The monoisotopic (exact) mass is 392 g/mol. The normalized spacial score (nSPS) is 23.1. The molecule has 2 aromatic rings. The van der Waals surface area contributed by atoms with Gasteiger partial charge in [0.05, 0.1) is 0 Å². The first-order valence-corrected chi connectivity index (χ1v) is 11.0. The van der Waals surface area contributed by atoms with Gasteiger partial charge in [0.15, 0.2) is 0 Å². The maximum atomic E-state index is 13.4. The van der Waals surface area contributed by atoms with E-state index in [9.17, 15) is 9.90 Å². The van der Waals surface area contributed by atoms with Gasteiger partial charge < -0.3 is 14.9 Å². The van der Waals surface area contributed by atoms with Crippen LogP contribution in [0.3, 0.4) is 0 Å². The minimum atomic E-state index is 0.0845. The Bertz CT molecular complexity index is 799. The van der Waals surface area contributed by atoms with Gasteiger partial charge >= 0.3 is 0 Å². The number of benzene rings is 2. The van der Waals surface area contributed by atoms with E-state index in [2.05, 4.69) is 17.0 Å². The van der Waals surface area contributed by atoms with Gasteiger partial charge in [-0.25, -0.2) is 0 Å². The highest BCUT2D eigenvalue weighted by Gasteiger charge is 2.36. The van der Waals surface area contributed by atoms with Gasteiger partial charge in [0.1, 0.15) is 0 Å². The summed E-state index contributed by atoms with van der Waals surface area (Å²) in [5.74, 6) is 0.610. The van der Waals surface area contributed by atoms with E-state index in [0.717, 1.165) is 42.9 Å². The van der Waals surface area contributed by atoms with Crippen LogP contribution < -0.4 is 0 Å². The number of amides is 1. The van der Waals surface area contributed by atoms with Crippen molar-refractivity contribution in [3.63, 3.8) is 0 Å². The molecule has 2 saturated heterocycles. The van der Waals surface area contributed by atoms with Crippen LogP contribution in [0.5, 0.6) is 0 Å². The molecule has 4 nitrogen and oxygen atoms in total. The molecule has 154 valence electrons. The standard InChI is InChI=1S/C25H32N2O2/c28-19-22-18-27(17-21(22)16-26-14-8-1-2-9-15-26)25(29)24-13-7-6-12-23(24)20-10-4-3-5-11-20/h3-7,10-13,21-22,28H,1-2,8-9,14-19H2/t21-,22-/m1/s1. The van der Waals surface area contributed by atoms with E-state index in [1.54, 1.807) is 0 Å². The maximum Gasteiger partial charge on any atom is 0.254 e. The number of aliphatic hydroxyl groups excluding tert-OH is 1. The summed E-state index contributed by atoms with van der Waals surface area (Å²) in [6.07, 6.45) is 5.18. The number of likely N-dealkylation sites (tertiary alicyclic amines) is 2. The molecule has 0 aromatic heterocycles. The van der Waals surface area contributed by atoms with E-state index in [1.807, 2.05) is 47.4 Å². The molecule has 0 bridgehead atoms. The largest absolute Gasteiger partial charge is 0.396 e. The van der Waals surface area contributed by atoms with Crippen molar-refractivity contribution in [3.05, 3.63) is 60.2 Å². The number of rotatable bonds is 5. The molecule has 0 spiro atoms. The summed E-state index contributed by atoms with van der Waals surface area (Å²) in [6.45, 7) is 4.84. The molecule has 4 heteroatoms. The summed E-state index contributed by atoms with van der Waals surface area (Å²) in [4.78, 5) is 17.9. The Morgan fingerprint density at radius 3 is 2.24 bits per heavy atom. The summed E-state index contributed by atoms with van der Waals surface area (Å²) in [7, 11) is 0. The van der Waals surface area contributed by atoms with Crippen molar-refractivity contribution in [1.82, 2.24) is 9.80 Å². The fraction of sp³-hybridized carbons (Fsp3) is 0.480. The predicted molar refractivity (Wildman–Crippen MR) is 117 cm³/mol. The van der Waals surface area contributed by atoms with Crippen LogP contribution in [0.4, 0.5) is 0 Å².